The van der Waals surface area contributed by atoms with E-state index in [0.29, 0.717) is 29.9 Å². The van der Waals surface area contributed by atoms with Crippen molar-refractivity contribution in [1.29, 1.82) is 0 Å². The molecule has 2 N–H and O–H groups in total. The number of amides is 1. The van der Waals surface area contributed by atoms with Crippen molar-refractivity contribution in [2.24, 2.45) is 0 Å². The van der Waals surface area contributed by atoms with E-state index in [2.05, 4.69) is 11.6 Å². The summed E-state index contributed by atoms with van der Waals surface area (Å²) in [6.07, 6.45) is 0. The van der Waals surface area contributed by atoms with E-state index in [1.807, 2.05) is 17.9 Å². The lowest BCUT2D eigenvalue weighted by Gasteiger charge is -2.31. The highest BCUT2D eigenvalue weighted by Gasteiger charge is 2.25. The van der Waals surface area contributed by atoms with Crippen molar-refractivity contribution < 1.29 is 18.1 Å². The molecular weight excluding hydrogens is 374 g/mol. The minimum atomic E-state index is -3.79. The Morgan fingerprint density at radius 3 is 2.46 bits per heavy atom. The van der Waals surface area contributed by atoms with Crippen molar-refractivity contribution in [3.8, 4) is 0 Å². The second kappa shape index (κ2) is 8.32. The summed E-state index contributed by atoms with van der Waals surface area (Å²) in [6, 6.07) is 12.1. The van der Waals surface area contributed by atoms with Crippen LogP contribution in [0, 0.1) is 13.8 Å². The van der Waals surface area contributed by atoms with Crippen LogP contribution >= 0.6 is 0 Å². The molecule has 2 aromatic rings. The van der Waals surface area contributed by atoms with Crippen LogP contribution in [0.25, 0.3) is 0 Å². The zero-order valence-electron chi connectivity index (χ0n) is 16.7. The lowest BCUT2D eigenvalue weighted by molar-refractivity contribution is -0.902. The fourth-order valence-electron chi connectivity index (χ4n) is 3.50. The molecule has 0 aliphatic carbocycles. The summed E-state index contributed by atoms with van der Waals surface area (Å²) in [5.41, 5.74) is 2.50. The van der Waals surface area contributed by atoms with Crippen LogP contribution in [-0.4, -0.2) is 51.9 Å². The zero-order valence-corrected chi connectivity index (χ0v) is 17.5. The number of piperazine rings is 1. The number of nitrogens with zero attached hydrogens (tertiary/aromatic N) is 1. The lowest BCUT2D eigenvalue weighted by atomic mass is 10.1. The summed E-state index contributed by atoms with van der Waals surface area (Å²) in [7, 11) is -3.79. The first-order valence-electron chi connectivity index (χ1n) is 9.63. The van der Waals surface area contributed by atoms with Gasteiger partial charge in [0.1, 0.15) is 0 Å². The quantitative estimate of drug-likeness (QED) is 0.796. The van der Waals surface area contributed by atoms with Crippen LogP contribution in [0.5, 0.6) is 0 Å². The fraction of sp³-hybridized carbons (Fsp3) is 0.381. The summed E-state index contributed by atoms with van der Waals surface area (Å²) < 4.78 is 28.5. The zero-order chi connectivity index (χ0) is 20.3. The standard InChI is InChI=1S/C21H27N3O3S/c1-4-23-10-12-24(13-11-23)21(25)18-9-8-17(3)20(15-18)28(26,27)22-19-7-5-6-16(2)14-19/h5-9,14-15,22H,4,10-13H2,1-3H3/p+1. The fourth-order valence-corrected chi connectivity index (χ4v) is 4.82. The van der Waals surface area contributed by atoms with Crippen molar-refractivity contribution in [3.63, 3.8) is 0 Å². The summed E-state index contributed by atoms with van der Waals surface area (Å²) in [6.45, 7) is 10.1. The smallest absolute Gasteiger partial charge is 0.262 e. The van der Waals surface area contributed by atoms with Gasteiger partial charge in [0.15, 0.2) is 0 Å². The van der Waals surface area contributed by atoms with E-state index in [1.54, 1.807) is 37.3 Å². The SMILES string of the molecule is CC[NH+]1CCN(C(=O)c2ccc(C)c(S(=O)(=O)Nc3cccc(C)c3)c2)CC1. The largest absolute Gasteiger partial charge is 0.332 e. The normalized spacial score (nSPS) is 15.5. The van der Waals surface area contributed by atoms with E-state index in [1.165, 1.54) is 11.0 Å². The number of carbonyl (C=O) groups excluding carboxylic acids is 1. The van der Waals surface area contributed by atoms with E-state index in [9.17, 15) is 13.2 Å². The molecule has 1 saturated heterocycles. The predicted octanol–water partition coefficient (Wildman–Crippen LogP) is 1.46. The van der Waals surface area contributed by atoms with E-state index < -0.39 is 10.0 Å². The molecule has 0 bridgehead atoms. The first kappa shape index (κ1) is 20.4. The van der Waals surface area contributed by atoms with Gasteiger partial charge in [0.2, 0.25) is 0 Å². The molecule has 28 heavy (non-hydrogen) atoms. The maximum atomic E-state index is 12.9. The number of sulfonamides is 1. The molecule has 3 rings (SSSR count). The second-order valence-electron chi connectivity index (χ2n) is 7.35. The first-order chi connectivity index (χ1) is 13.3. The number of hydrogen-bond acceptors (Lipinski definition) is 3. The molecule has 1 aliphatic heterocycles. The Balaban J connectivity index is 1.83. The molecule has 1 heterocycles. The monoisotopic (exact) mass is 402 g/mol. The van der Waals surface area contributed by atoms with Gasteiger partial charge in [-0.2, -0.15) is 0 Å². The molecule has 2 aromatic carbocycles. The van der Waals surface area contributed by atoms with Crippen molar-refractivity contribution in [1.82, 2.24) is 4.90 Å². The van der Waals surface area contributed by atoms with Crippen LogP contribution < -0.4 is 9.62 Å². The second-order valence-corrected chi connectivity index (χ2v) is 9.00. The number of quaternary nitrogens is 1. The van der Waals surface area contributed by atoms with Gasteiger partial charge in [0.05, 0.1) is 37.6 Å². The number of benzene rings is 2. The summed E-state index contributed by atoms with van der Waals surface area (Å²) in [5.74, 6) is -0.109. The van der Waals surface area contributed by atoms with Gasteiger partial charge >= 0.3 is 0 Å². The van der Waals surface area contributed by atoms with E-state index in [0.717, 1.165) is 25.2 Å². The molecular formula is C21H28N3O3S+. The van der Waals surface area contributed by atoms with Gasteiger partial charge in [-0.25, -0.2) is 8.42 Å². The number of hydrogen-bond donors (Lipinski definition) is 2. The number of anilines is 1. The Labute approximate surface area is 167 Å². The van der Waals surface area contributed by atoms with Crippen LogP contribution in [-0.2, 0) is 10.0 Å². The minimum Gasteiger partial charge on any atom is -0.332 e. The van der Waals surface area contributed by atoms with Gasteiger partial charge < -0.3 is 9.80 Å². The third-order valence-electron chi connectivity index (χ3n) is 5.25. The average molecular weight is 403 g/mol. The van der Waals surface area contributed by atoms with E-state index >= 15 is 0 Å². The third kappa shape index (κ3) is 4.54. The predicted molar refractivity (Wildman–Crippen MR) is 110 cm³/mol. The van der Waals surface area contributed by atoms with Crippen LogP contribution in [0.15, 0.2) is 47.4 Å². The average Bonchev–Trinajstić information content (AvgIpc) is 2.67. The molecule has 0 unspecified atom stereocenters. The van der Waals surface area contributed by atoms with Gasteiger partial charge in [-0.15, -0.1) is 0 Å². The molecule has 0 saturated carbocycles. The summed E-state index contributed by atoms with van der Waals surface area (Å²) in [4.78, 5) is 16.3. The Morgan fingerprint density at radius 1 is 1.11 bits per heavy atom. The molecule has 0 aromatic heterocycles. The number of rotatable bonds is 5. The molecule has 6 nitrogen and oxygen atoms in total. The number of aryl methyl sites for hydroxylation is 2. The highest BCUT2D eigenvalue weighted by atomic mass is 32.2. The summed E-state index contributed by atoms with van der Waals surface area (Å²) >= 11 is 0. The van der Waals surface area contributed by atoms with Gasteiger partial charge in [0, 0.05) is 11.3 Å². The van der Waals surface area contributed by atoms with Crippen LogP contribution in [0.2, 0.25) is 0 Å². The molecule has 1 fully saturated rings. The van der Waals surface area contributed by atoms with Gasteiger partial charge in [-0.05, 0) is 56.2 Å². The van der Waals surface area contributed by atoms with Crippen molar-refractivity contribution >= 4 is 21.6 Å². The molecule has 0 radical (unpaired) electrons. The van der Waals surface area contributed by atoms with Crippen LogP contribution in [0.3, 0.4) is 0 Å². The third-order valence-corrected chi connectivity index (χ3v) is 6.78. The summed E-state index contributed by atoms with van der Waals surface area (Å²) in [5, 5.41) is 0. The Morgan fingerprint density at radius 2 is 1.82 bits per heavy atom. The minimum absolute atomic E-state index is 0.109. The first-order valence-corrected chi connectivity index (χ1v) is 11.1. The van der Waals surface area contributed by atoms with Crippen molar-refractivity contribution in [3.05, 3.63) is 59.2 Å². The molecule has 150 valence electrons. The number of nitrogens with one attached hydrogen (secondary N) is 2. The van der Waals surface area contributed by atoms with Gasteiger partial charge in [0.25, 0.3) is 15.9 Å². The number of carbonyl (C=O) groups is 1. The van der Waals surface area contributed by atoms with Crippen molar-refractivity contribution in [2.75, 3.05) is 37.4 Å². The molecule has 7 heteroatoms. The lowest BCUT2D eigenvalue weighted by Crippen LogP contribution is -3.14. The molecule has 0 atom stereocenters. The van der Waals surface area contributed by atoms with E-state index in [-0.39, 0.29) is 10.8 Å². The highest BCUT2D eigenvalue weighted by molar-refractivity contribution is 7.92. The Hall–Kier alpha value is -2.38. The van der Waals surface area contributed by atoms with Crippen molar-refractivity contribution in [2.45, 2.75) is 25.7 Å². The maximum absolute atomic E-state index is 12.9. The topological polar surface area (TPSA) is 70.9 Å². The maximum Gasteiger partial charge on any atom is 0.262 e. The van der Waals surface area contributed by atoms with Gasteiger partial charge in [-0.3, -0.25) is 9.52 Å². The van der Waals surface area contributed by atoms with Crippen LogP contribution in [0.4, 0.5) is 5.69 Å². The van der Waals surface area contributed by atoms with Gasteiger partial charge in [-0.1, -0.05) is 18.2 Å². The van der Waals surface area contributed by atoms with E-state index in [4.69, 9.17) is 0 Å². The number of likely N-dealkylation sites (N-methyl/N-ethyl adjacent to an activating group) is 1. The highest BCUT2D eigenvalue weighted by Crippen LogP contribution is 2.22. The van der Waals surface area contributed by atoms with Crippen LogP contribution in [0.1, 0.15) is 28.4 Å². The molecule has 0 spiro atoms. The molecule has 1 aliphatic rings. The Kier molecular flexibility index (Phi) is 6.05. The molecule has 1 amide bonds. The Bertz CT molecular complexity index is 965.